The summed E-state index contributed by atoms with van der Waals surface area (Å²) in [7, 11) is 0. The zero-order chi connectivity index (χ0) is 15.1. The van der Waals surface area contributed by atoms with Crippen LogP contribution in [0.15, 0.2) is 60.7 Å². The third-order valence-electron chi connectivity index (χ3n) is 3.05. The van der Waals surface area contributed by atoms with Crippen molar-refractivity contribution in [1.29, 1.82) is 0 Å². The van der Waals surface area contributed by atoms with Gasteiger partial charge in [0, 0.05) is 0 Å². The molecule has 2 aromatic rings. The van der Waals surface area contributed by atoms with E-state index in [9.17, 15) is 7.67 Å². The Kier molecular flexibility index (Phi) is 5.65. The minimum atomic E-state index is -4.28. The van der Waals surface area contributed by atoms with Crippen molar-refractivity contribution in [1.82, 2.24) is 0 Å². The first-order chi connectivity index (χ1) is 10.1. The van der Waals surface area contributed by atoms with Gasteiger partial charge in [0.1, 0.15) is 0 Å². The molecular weight excluding hydrogens is 335 g/mol. The van der Waals surface area contributed by atoms with Crippen LogP contribution >= 0.6 is 0 Å². The van der Waals surface area contributed by atoms with Crippen molar-refractivity contribution in [3.8, 4) is 0 Å². The predicted molar refractivity (Wildman–Crippen MR) is 80.2 cm³/mol. The topological polar surface area (TPSA) is 63.6 Å². The molecule has 0 fully saturated rings. The molecule has 2 aromatic carbocycles. The fourth-order valence-corrected chi connectivity index (χ4v) is 5.07. The van der Waals surface area contributed by atoms with Crippen molar-refractivity contribution in [2.24, 2.45) is 0 Å². The Bertz CT molecular complexity index is 638. The van der Waals surface area contributed by atoms with Crippen LogP contribution in [-0.2, 0) is 12.4 Å². The second-order valence-electron chi connectivity index (χ2n) is 4.59. The van der Waals surface area contributed by atoms with Crippen LogP contribution < -0.4 is 4.46 Å². The summed E-state index contributed by atoms with van der Waals surface area (Å²) in [5.41, 5.74) is 0.801. The summed E-state index contributed by atoms with van der Waals surface area (Å²) < 4.78 is 30.9. The first-order valence-electron chi connectivity index (χ1n) is 6.69. The van der Waals surface area contributed by atoms with E-state index in [4.69, 9.17) is 9.84 Å². The molecule has 0 radical (unpaired) electrons. The summed E-state index contributed by atoms with van der Waals surface area (Å²) in [4.78, 5) is 0. The molecule has 112 valence electrons. The van der Waals surface area contributed by atoms with Crippen LogP contribution in [0.25, 0.3) is 0 Å². The summed E-state index contributed by atoms with van der Waals surface area (Å²) in [5.74, 6) is 0. The Hall–Kier alpha value is -1.52. The molecule has 0 aliphatic heterocycles. The van der Waals surface area contributed by atoms with Gasteiger partial charge in [0.15, 0.2) is 0 Å². The first kappa shape index (κ1) is 15.9. The third kappa shape index (κ3) is 4.48. The Morgan fingerprint density at radius 2 is 1.52 bits per heavy atom. The summed E-state index contributed by atoms with van der Waals surface area (Å²) in [5, 5.41) is 8.83. The van der Waals surface area contributed by atoms with Crippen molar-refractivity contribution in [2.45, 2.75) is 11.4 Å². The zero-order valence-corrected chi connectivity index (χ0v) is 13.3. The van der Waals surface area contributed by atoms with Crippen molar-refractivity contribution in [2.75, 3.05) is 13.2 Å². The molecule has 2 rings (SSSR count). The van der Waals surface area contributed by atoms with Gasteiger partial charge in [-0.25, -0.2) is 0 Å². The van der Waals surface area contributed by atoms with Gasteiger partial charge < -0.3 is 0 Å². The number of aliphatic hydroxyl groups is 1. The molecule has 4 nitrogen and oxygen atoms in total. The monoisotopic (exact) mass is 354 g/mol. The molecule has 0 bridgehead atoms. The first-order valence-corrected chi connectivity index (χ1v) is 10.2. The van der Waals surface area contributed by atoms with E-state index in [1.807, 2.05) is 30.3 Å². The molecule has 5 heteroatoms. The van der Waals surface area contributed by atoms with Crippen LogP contribution in [0.4, 0.5) is 0 Å². The Morgan fingerprint density at radius 3 is 2.10 bits per heavy atom. The summed E-state index contributed by atoms with van der Waals surface area (Å²) in [6, 6.07) is 17.6. The van der Waals surface area contributed by atoms with E-state index in [1.165, 1.54) is 0 Å². The molecule has 1 unspecified atom stereocenters. The quantitative estimate of drug-likeness (QED) is 0.773. The number of rotatable bonds is 7. The third-order valence-corrected chi connectivity index (χ3v) is 6.69. The molecular formula is C16H18O4Se. The molecule has 1 atom stereocenters. The minimum absolute atomic E-state index is 0.0788. The molecule has 0 aromatic heterocycles. The second kappa shape index (κ2) is 7.48. The standard InChI is InChI=1S/C16H18O4Se/c17-11-12-20-16(14-7-3-1-4-8-14)13-21(18,19)15-9-5-2-6-10-15/h1-10,16-17H,11-13H2. The fourth-order valence-electron chi connectivity index (χ4n) is 2.03. The van der Waals surface area contributed by atoms with Crippen LogP contribution in [0.1, 0.15) is 11.7 Å². The molecule has 0 saturated carbocycles. The second-order valence-corrected chi connectivity index (χ2v) is 8.86. The molecule has 21 heavy (non-hydrogen) atoms. The summed E-state index contributed by atoms with van der Waals surface area (Å²) >= 11 is -4.28. The van der Waals surface area contributed by atoms with Gasteiger partial charge in [0.05, 0.1) is 0 Å². The fraction of sp³-hybridized carbons (Fsp3) is 0.250. The molecule has 0 spiro atoms. The summed E-state index contributed by atoms with van der Waals surface area (Å²) in [6.07, 6.45) is -0.562. The van der Waals surface area contributed by atoms with Crippen molar-refractivity contribution in [3.05, 3.63) is 66.2 Å². The molecule has 0 aliphatic rings. The van der Waals surface area contributed by atoms with E-state index < -0.39 is 18.8 Å². The maximum atomic E-state index is 12.5. The Balaban J connectivity index is 2.23. The van der Waals surface area contributed by atoms with Gasteiger partial charge in [-0.15, -0.1) is 0 Å². The number of hydrogen-bond acceptors (Lipinski definition) is 4. The van der Waals surface area contributed by atoms with Crippen molar-refractivity contribution in [3.63, 3.8) is 0 Å². The van der Waals surface area contributed by atoms with Gasteiger partial charge in [-0.1, -0.05) is 0 Å². The maximum absolute atomic E-state index is 12.5. The molecule has 0 amide bonds. The van der Waals surface area contributed by atoms with Crippen LogP contribution in [0.2, 0.25) is 5.32 Å². The average molecular weight is 353 g/mol. The van der Waals surface area contributed by atoms with Gasteiger partial charge in [-0.2, -0.15) is 0 Å². The molecule has 0 saturated heterocycles. The number of hydrogen-bond donors (Lipinski definition) is 1. The number of benzene rings is 2. The van der Waals surface area contributed by atoms with Crippen LogP contribution in [0, 0.1) is 0 Å². The van der Waals surface area contributed by atoms with E-state index >= 15 is 0 Å². The van der Waals surface area contributed by atoms with E-state index in [1.54, 1.807) is 30.3 Å². The molecule has 0 heterocycles. The zero-order valence-electron chi connectivity index (χ0n) is 11.6. The van der Waals surface area contributed by atoms with Crippen LogP contribution in [0.5, 0.6) is 0 Å². The number of aliphatic hydroxyl groups excluding tert-OH is 1. The van der Waals surface area contributed by atoms with E-state index in [-0.39, 0.29) is 18.5 Å². The van der Waals surface area contributed by atoms with Gasteiger partial charge in [-0.3, -0.25) is 0 Å². The predicted octanol–water partition coefficient (Wildman–Crippen LogP) is 1.95. The summed E-state index contributed by atoms with van der Waals surface area (Å²) in [6.45, 7) is -0.0233. The van der Waals surface area contributed by atoms with E-state index in [0.29, 0.717) is 4.46 Å². The van der Waals surface area contributed by atoms with Crippen LogP contribution in [0.3, 0.4) is 0 Å². The molecule has 1 N–H and O–H groups in total. The van der Waals surface area contributed by atoms with Crippen molar-refractivity contribution >= 4 is 17.2 Å². The Morgan fingerprint density at radius 1 is 0.952 bits per heavy atom. The van der Waals surface area contributed by atoms with Gasteiger partial charge >= 0.3 is 126 Å². The van der Waals surface area contributed by atoms with Crippen molar-refractivity contribution < 1.29 is 17.5 Å². The van der Waals surface area contributed by atoms with Gasteiger partial charge in [-0.05, 0) is 0 Å². The molecule has 0 aliphatic carbocycles. The SMILES string of the molecule is O=[Se](=O)(CC(OCCO)c1ccccc1)c1ccccc1. The van der Waals surface area contributed by atoms with Gasteiger partial charge in [0.2, 0.25) is 0 Å². The van der Waals surface area contributed by atoms with E-state index in [2.05, 4.69) is 0 Å². The average Bonchev–Trinajstić information content (AvgIpc) is 2.53. The van der Waals surface area contributed by atoms with Gasteiger partial charge in [0.25, 0.3) is 0 Å². The normalized spacial score (nSPS) is 13.0. The Labute approximate surface area is 126 Å². The number of ether oxygens (including phenoxy) is 1. The van der Waals surface area contributed by atoms with Crippen LogP contribution in [-0.4, -0.2) is 31.0 Å². The van der Waals surface area contributed by atoms with E-state index in [0.717, 1.165) is 5.56 Å².